The standard InChI is InChI=1S/C26H29N5O3.C14H12ClN3O3.C12H16N2O2.C12H18N2.CH4/c1-5-15-31(16-6-2)21-13-11-19(12-14-21)29-26-27-18-23(33-4)25(30-26)34-22-10-8-9-20(17-22)28-24(32)7-3;1-3-12(19)17-9-5-4-6-10(7-9)21-13-11(20-2)8-16-14(15)18-13;1-2-9-13(10-3-4-10)11-5-7-12(8-6-11)14(15)16;1-2-9-14(12-7-8-12)11-5-3-10(13)4-6-11;/h5,7-14,17-18H,1,3,6,15-16H2,2,4H3,(H,28,32)(H,27,29,30);3-8H,1H2,2H3,(H,17,19);5-8,10H,2-4,9H2,1H3;3-6,12H,2,7-9,13H2,1H3;1H4. The van der Waals surface area contributed by atoms with E-state index in [9.17, 15) is 19.7 Å². The first-order valence-electron chi connectivity index (χ1n) is 28.0. The molecule has 0 spiro atoms. The molecule has 0 bridgehead atoms. The number of carbonyl (C=O) groups is 2. The maximum absolute atomic E-state index is 11.6. The number of nitrogen functional groups attached to an aromatic ring is 1. The highest BCUT2D eigenvalue weighted by molar-refractivity contribution is 6.28. The number of hydrogen-bond donors (Lipinski definition) is 4. The third kappa shape index (κ3) is 21.5. The maximum atomic E-state index is 11.6. The van der Waals surface area contributed by atoms with E-state index < -0.39 is 0 Å². The number of methoxy groups -OCH3 is 2. The van der Waals surface area contributed by atoms with Crippen LogP contribution >= 0.6 is 11.6 Å². The average Bonchev–Trinajstić information content (AvgIpc) is 4.68. The number of nitrogens with one attached hydrogen (secondary N) is 3. The van der Waals surface area contributed by atoms with Crippen LogP contribution in [0.15, 0.2) is 172 Å². The quantitative estimate of drug-likeness (QED) is 0.00984. The molecule has 5 aromatic carbocycles. The van der Waals surface area contributed by atoms with Gasteiger partial charge in [-0.15, -0.1) is 6.58 Å². The summed E-state index contributed by atoms with van der Waals surface area (Å²) in [6.07, 6.45) is 15.8. The highest BCUT2D eigenvalue weighted by Gasteiger charge is 2.29. The van der Waals surface area contributed by atoms with Gasteiger partial charge in [-0.05, 0) is 154 Å². The fourth-order valence-electron chi connectivity index (χ4n) is 8.43. The van der Waals surface area contributed by atoms with E-state index in [-0.39, 0.29) is 46.9 Å². The van der Waals surface area contributed by atoms with Crippen molar-refractivity contribution < 1.29 is 33.5 Å². The first-order chi connectivity index (χ1) is 41.2. The van der Waals surface area contributed by atoms with Crippen LogP contribution in [0.25, 0.3) is 0 Å². The first kappa shape index (κ1) is 67.1. The molecular formula is C65H79ClN12O8. The summed E-state index contributed by atoms with van der Waals surface area (Å²) in [4.78, 5) is 56.7. The van der Waals surface area contributed by atoms with Crippen LogP contribution in [-0.4, -0.2) is 89.2 Å². The van der Waals surface area contributed by atoms with Crippen LogP contribution in [0.5, 0.6) is 34.8 Å². The van der Waals surface area contributed by atoms with Crippen LogP contribution in [-0.2, 0) is 9.59 Å². The van der Waals surface area contributed by atoms with Crippen molar-refractivity contribution in [1.29, 1.82) is 0 Å². The summed E-state index contributed by atoms with van der Waals surface area (Å²) in [5.41, 5.74) is 12.2. The summed E-state index contributed by atoms with van der Waals surface area (Å²) in [5, 5.41) is 19.1. The second kappa shape index (κ2) is 34.8. The molecule has 86 heavy (non-hydrogen) atoms. The van der Waals surface area contributed by atoms with Crippen LogP contribution in [0.2, 0.25) is 5.28 Å². The van der Waals surface area contributed by atoms with Gasteiger partial charge < -0.3 is 55.3 Å². The Bertz CT molecular complexity index is 3290. The van der Waals surface area contributed by atoms with E-state index >= 15 is 0 Å². The Hall–Kier alpha value is -9.69. The normalized spacial score (nSPS) is 11.7. The van der Waals surface area contributed by atoms with Gasteiger partial charge in [0.05, 0.1) is 31.5 Å². The Labute approximate surface area is 509 Å². The zero-order chi connectivity index (χ0) is 61.1. The van der Waals surface area contributed by atoms with Crippen LogP contribution < -0.4 is 55.3 Å². The van der Waals surface area contributed by atoms with Gasteiger partial charge in [0, 0.05) is 102 Å². The molecule has 0 saturated heterocycles. The monoisotopic (exact) mass is 1190 g/mol. The number of rotatable bonds is 26. The van der Waals surface area contributed by atoms with Crippen molar-refractivity contribution >= 4 is 74.9 Å². The summed E-state index contributed by atoms with van der Waals surface area (Å²) in [6, 6.07) is 38.3. The van der Waals surface area contributed by atoms with Gasteiger partial charge in [0.2, 0.25) is 23.0 Å². The fraction of sp³-hybridized carbons (Fsp3) is 0.292. The van der Waals surface area contributed by atoms with Crippen molar-refractivity contribution in [2.45, 2.75) is 85.2 Å². The van der Waals surface area contributed by atoms with E-state index in [2.05, 4.69) is 103 Å². The van der Waals surface area contributed by atoms with E-state index in [0.717, 1.165) is 67.8 Å². The van der Waals surface area contributed by atoms with Gasteiger partial charge in [0.25, 0.3) is 17.4 Å². The number of anilines is 8. The number of aromatic nitrogens is 4. The van der Waals surface area contributed by atoms with Crippen molar-refractivity contribution in [2.24, 2.45) is 0 Å². The van der Waals surface area contributed by atoms with Crippen LogP contribution in [0.4, 0.5) is 51.4 Å². The van der Waals surface area contributed by atoms with E-state index in [1.807, 2.05) is 54.6 Å². The summed E-state index contributed by atoms with van der Waals surface area (Å²) < 4.78 is 22.0. The molecule has 2 aromatic heterocycles. The van der Waals surface area contributed by atoms with E-state index in [4.69, 9.17) is 36.3 Å². The predicted molar refractivity (Wildman–Crippen MR) is 347 cm³/mol. The number of amides is 2. The molecule has 454 valence electrons. The minimum atomic E-state index is -0.356. The second-order valence-corrected chi connectivity index (χ2v) is 19.7. The number of nitrogens with two attached hydrogens (primary N) is 1. The molecule has 2 heterocycles. The Kier molecular flexibility index (Phi) is 27.2. The number of nitro benzene ring substituents is 1. The van der Waals surface area contributed by atoms with Gasteiger partial charge in [-0.2, -0.15) is 9.97 Å². The molecule has 2 aliphatic carbocycles. The highest BCUT2D eigenvalue weighted by Crippen LogP contribution is 2.35. The molecule has 20 nitrogen and oxygen atoms in total. The van der Waals surface area contributed by atoms with Gasteiger partial charge >= 0.3 is 0 Å². The molecule has 0 atom stereocenters. The number of ether oxygens (including phenoxy) is 4. The predicted octanol–water partition coefficient (Wildman–Crippen LogP) is 14.9. The minimum absolute atomic E-state index is 0. The lowest BCUT2D eigenvalue weighted by molar-refractivity contribution is -0.384. The molecule has 2 amide bonds. The third-order valence-electron chi connectivity index (χ3n) is 12.7. The number of benzene rings is 5. The second-order valence-electron chi connectivity index (χ2n) is 19.3. The molecule has 0 unspecified atom stereocenters. The fourth-order valence-corrected chi connectivity index (χ4v) is 8.55. The summed E-state index contributed by atoms with van der Waals surface area (Å²) in [5.74, 6) is 1.83. The van der Waals surface area contributed by atoms with Gasteiger partial charge in [-0.25, -0.2) is 9.97 Å². The first-order valence-corrected chi connectivity index (χ1v) is 28.4. The Morgan fingerprint density at radius 2 is 1.13 bits per heavy atom. The topological polar surface area (TPSA) is 238 Å². The molecule has 2 saturated carbocycles. The lowest BCUT2D eigenvalue weighted by Crippen LogP contribution is -2.26. The molecule has 0 aliphatic heterocycles. The number of nitro groups is 1. The molecule has 0 radical (unpaired) electrons. The van der Waals surface area contributed by atoms with Gasteiger partial charge in [0.1, 0.15) is 11.5 Å². The molecule has 7 aromatic rings. The smallest absolute Gasteiger partial charge is 0.269 e. The van der Waals surface area contributed by atoms with Gasteiger partial charge in [-0.3, -0.25) is 19.7 Å². The average molecular weight is 1190 g/mol. The zero-order valence-electron chi connectivity index (χ0n) is 48.8. The lowest BCUT2D eigenvalue weighted by Gasteiger charge is -2.24. The summed E-state index contributed by atoms with van der Waals surface area (Å²) in [6.45, 7) is 21.2. The van der Waals surface area contributed by atoms with Crippen molar-refractivity contribution in [3.05, 3.63) is 187 Å². The van der Waals surface area contributed by atoms with Crippen molar-refractivity contribution in [3.8, 4) is 34.8 Å². The molecular weight excluding hydrogens is 1110 g/mol. The Morgan fingerprint density at radius 1 is 0.663 bits per heavy atom. The lowest BCUT2D eigenvalue weighted by atomic mass is 10.2. The maximum Gasteiger partial charge on any atom is 0.269 e. The largest absolute Gasteiger partial charge is 0.490 e. The van der Waals surface area contributed by atoms with E-state index in [0.29, 0.717) is 46.4 Å². The summed E-state index contributed by atoms with van der Waals surface area (Å²) >= 11 is 5.73. The van der Waals surface area contributed by atoms with Crippen molar-refractivity contribution in [1.82, 2.24) is 19.9 Å². The molecule has 2 fully saturated rings. The minimum Gasteiger partial charge on any atom is -0.490 e. The molecule has 2 aliphatic rings. The molecule has 21 heteroatoms. The molecule has 9 rings (SSSR count). The zero-order valence-corrected chi connectivity index (χ0v) is 49.5. The van der Waals surface area contributed by atoms with E-state index in [1.54, 1.807) is 60.7 Å². The summed E-state index contributed by atoms with van der Waals surface area (Å²) in [7, 11) is 2.99. The SMILES string of the molecule is C.C=CC(=O)Nc1cccc(Oc2nc(Cl)ncc2OC)c1.C=CCN(CCC)c1ccc(Nc2ncc(OC)c(Oc3cccc(NC(=O)C=C)c3)n2)cc1.CCCN(c1ccc(N)cc1)C1CC1.CCCN(c1ccc([N+](=O)[O-])cc1)C1CC1. The number of nitrogens with zero attached hydrogens (tertiary/aromatic N) is 8. The van der Waals surface area contributed by atoms with E-state index in [1.165, 1.54) is 76.6 Å². The third-order valence-corrected chi connectivity index (χ3v) is 12.9. The van der Waals surface area contributed by atoms with Crippen molar-refractivity contribution in [2.75, 3.05) is 76.8 Å². The van der Waals surface area contributed by atoms with Gasteiger partial charge in [-0.1, -0.05) is 59.6 Å². The van der Waals surface area contributed by atoms with Crippen LogP contribution in [0.1, 0.15) is 73.1 Å². The Morgan fingerprint density at radius 3 is 1.57 bits per heavy atom. The number of carbonyl (C=O) groups excluding carboxylic acids is 2. The number of halogens is 1. The Balaban J connectivity index is 0.000000222. The number of hydrogen-bond acceptors (Lipinski definition) is 17. The van der Waals surface area contributed by atoms with Crippen LogP contribution in [0.3, 0.4) is 0 Å². The van der Waals surface area contributed by atoms with Crippen LogP contribution in [0, 0.1) is 10.1 Å². The highest BCUT2D eigenvalue weighted by atomic mass is 35.5. The van der Waals surface area contributed by atoms with Gasteiger partial charge in [0.15, 0.2) is 11.5 Å². The number of non-ortho nitro benzene ring substituents is 1. The van der Waals surface area contributed by atoms with Crippen molar-refractivity contribution in [3.63, 3.8) is 0 Å². The molecule has 5 N–H and O–H groups in total.